The highest BCUT2D eigenvalue weighted by atomic mass is 32.1. The van der Waals surface area contributed by atoms with Gasteiger partial charge in [0.2, 0.25) is 0 Å². The molecule has 3 rings (SSSR count). The molecule has 2 heterocycles. The molecule has 4 heteroatoms. The highest BCUT2D eigenvalue weighted by molar-refractivity contribution is 7.13. The predicted octanol–water partition coefficient (Wildman–Crippen LogP) is 4.81. The molecule has 1 aromatic carbocycles. The monoisotopic (exact) mass is 305 g/mol. The van der Waals surface area contributed by atoms with Crippen molar-refractivity contribution < 1.29 is 0 Å². The van der Waals surface area contributed by atoms with Crippen molar-refractivity contribution in [2.24, 2.45) is 0 Å². The molecule has 0 fully saturated rings. The maximum Gasteiger partial charge on any atom is 0.120 e. The lowest BCUT2D eigenvalue weighted by Gasteiger charge is -2.08. The standard InChI is InChI=1S/C18H15N3S/c1-12(2)16-7-6-15(9-13(16)3)21-11-14(10-19)18(20-21)17-5-4-8-22-17/h4-9,11H,1H2,2-3H3. The van der Waals surface area contributed by atoms with Crippen LogP contribution in [0.1, 0.15) is 23.6 Å². The number of hydrogen-bond donors (Lipinski definition) is 0. The molecule has 2 aromatic heterocycles. The third kappa shape index (κ3) is 2.47. The number of benzene rings is 1. The molecular formula is C18H15N3S. The van der Waals surface area contributed by atoms with E-state index < -0.39 is 0 Å². The zero-order valence-electron chi connectivity index (χ0n) is 12.5. The molecule has 0 unspecified atom stereocenters. The number of aromatic nitrogens is 2. The van der Waals surface area contributed by atoms with Crippen molar-refractivity contribution in [2.75, 3.05) is 0 Å². The number of hydrogen-bond acceptors (Lipinski definition) is 3. The number of nitrogens with zero attached hydrogens (tertiary/aromatic N) is 3. The minimum Gasteiger partial charge on any atom is -0.239 e. The molecule has 0 bridgehead atoms. The van der Waals surface area contributed by atoms with Gasteiger partial charge in [0.1, 0.15) is 11.8 Å². The van der Waals surface area contributed by atoms with E-state index in [0.717, 1.165) is 33.0 Å². The van der Waals surface area contributed by atoms with E-state index in [1.54, 1.807) is 22.2 Å². The summed E-state index contributed by atoms with van der Waals surface area (Å²) in [5.41, 5.74) is 5.61. The van der Waals surface area contributed by atoms with Crippen LogP contribution in [0.15, 0.2) is 48.5 Å². The fourth-order valence-corrected chi connectivity index (χ4v) is 3.18. The zero-order valence-corrected chi connectivity index (χ0v) is 13.3. The lowest BCUT2D eigenvalue weighted by Crippen LogP contribution is -1.96. The normalized spacial score (nSPS) is 10.4. The summed E-state index contributed by atoms with van der Waals surface area (Å²) < 4.78 is 1.77. The molecule has 0 aliphatic carbocycles. The maximum atomic E-state index is 9.34. The fourth-order valence-electron chi connectivity index (χ4n) is 2.45. The van der Waals surface area contributed by atoms with Crippen LogP contribution in [0.5, 0.6) is 0 Å². The highest BCUT2D eigenvalue weighted by Crippen LogP contribution is 2.28. The SMILES string of the molecule is C=C(C)c1ccc(-n2cc(C#N)c(-c3cccs3)n2)cc1C. The number of thiophene rings is 1. The van der Waals surface area contributed by atoms with Crippen molar-refractivity contribution in [3.05, 3.63) is 65.2 Å². The Hall–Kier alpha value is -2.64. The smallest absolute Gasteiger partial charge is 0.120 e. The summed E-state index contributed by atoms with van der Waals surface area (Å²) in [7, 11) is 0. The van der Waals surface area contributed by atoms with Gasteiger partial charge in [0, 0.05) is 6.20 Å². The largest absolute Gasteiger partial charge is 0.239 e. The maximum absolute atomic E-state index is 9.34. The molecule has 22 heavy (non-hydrogen) atoms. The lowest BCUT2D eigenvalue weighted by atomic mass is 10.0. The van der Waals surface area contributed by atoms with E-state index in [4.69, 9.17) is 0 Å². The third-order valence-corrected chi connectivity index (χ3v) is 4.40. The van der Waals surface area contributed by atoms with Crippen molar-refractivity contribution in [2.45, 2.75) is 13.8 Å². The summed E-state index contributed by atoms with van der Waals surface area (Å²) in [6, 6.07) is 12.3. The first kappa shape index (κ1) is 14.3. The first-order chi connectivity index (χ1) is 10.6. The van der Waals surface area contributed by atoms with Gasteiger partial charge in [-0.05, 0) is 48.6 Å². The molecule has 0 amide bonds. The summed E-state index contributed by atoms with van der Waals surface area (Å²) in [5, 5.41) is 15.9. The van der Waals surface area contributed by atoms with Gasteiger partial charge in [0.25, 0.3) is 0 Å². The Kier molecular flexibility index (Phi) is 3.66. The predicted molar refractivity (Wildman–Crippen MR) is 91.0 cm³/mol. The van der Waals surface area contributed by atoms with Crippen LogP contribution in [0, 0.1) is 18.3 Å². The van der Waals surface area contributed by atoms with E-state index in [2.05, 4.69) is 30.7 Å². The van der Waals surface area contributed by atoms with E-state index in [1.165, 1.54) is 0 Å². The van der Waals surface area contributed by atoms with E-state index in [0.29, 0.717) is 5.56 Å². The minimum absolute atomic E-state index is 0.587. The highest BCUT2D eigenvalue weighted by Gasteiger charge is 2.13. The first-order valence-electron chi connectivity index (χ1n) is 6.90. The fraction of sp³-hybridized carbons (Fsp3) is 0.111. The van der Waals surface area contributed by atoms with Crippen LogP contribution < -0.4 is 0 Å². The Balaban J connectivity index is 2.08. The van der Waals surface area contributed by atoms with Gasteiger partial charge in [-0.2, -0.15) is 10.4 Å². The van der Waals surface area contributed by atoms with Crippen molar-refractivity contribution in [1.82, 2.24) is 9.78 Å². The summed E-state index contributed by atoms with van der Waals surface area (Å²) in [5.74, 6) is 0. The molecule has 108 valence electrons. The van der Waals surface area contributed by atoms with E-state index in [1.807, 2.05) is 36.6 Å². The number of aryl methyl sites for hydroxylation is 1. The molecule has 0 N–H and O–H groups in total. The van der Waals surface area contributed by atoms with Crippen LogP contribution in [-0.4, -0.2) is 9.78 Å². The van der Waals surface area contributed by atoms with Crippen LogP contribution in [0.25, 0.3) is 21.8 Å². The van der Waals surface area contributed by atoms with E-state index in [-0.39, 0.29) is 0 Å². The minimum atomic E-state index is 0.587. The summed E-state index contributed by atoms with van der Waals surface area (Å²) >= 11 is 1.59. The van der Waals surface area contributed by atoms with Crippen molar-refractivity contribution in [3.63, 3.8) is 0 Å². The van der Waals surface area contributed by atoms with Crippen LogP contribution in [0.3, 0.4) is 0 Å². The Morgan fingerprint density at radius 1 is 1.36 bits per heavy atom. The number of rotatable bonds is 3. The molecule has 0 aliphatic heterocycles. The van der Waals surface area contributed by atoms with Crippen molar-refractivity contribution >= 4 is 16.9 Å². The van der Waals surface area contributed by atoms with E-state index in [9.17, 15) is 5.26 Å². The summed E-state index contributed by atoms with van der Waals surface area (Å²) in [4.78, 5) is 1.01. The molecule has 0 saturated heterocycles. The molecule has 0 atom stereocenters. The van der Waals surface area contributed by atoms with Gasteiger partial charge in [-0.1, -0.05) is 24.3 Å². The average Bonchev–Trinajstić information content (AvgIpc) is 3.15. The molecule has 0 spiro atoms. The summed E-state index contributed by atoms with van der Waals surface area (Å²) in [6.07, 6.45) is 1.78. The Bertz CT molecular complexity index is 880. The van der Waals surface area contributed by atoms with Gasteiger partial charge < -0.3 is 0 Å². The van der Waals surface area contributed by atoms with Gasteiger partial charge in [-0.15, -0.1) is 11.3 Å². The molecule has 0 saturated carbocycles. The second kappa shape index (κ2) is 5.63. The Morgan fingerprint density at radius 2 is 2.18 bits per heavy atom. The quantitative estimate of drug-likeness (QED) is 0.696. The summed E-state index contributed by atoms with van der Waals surface area (Å²) in [6.45, 7) is 8.05. The van der Waals surface area contributed by atoms with Gasteiger partial charge in [0.05, 0.1) is 16.1 Å². The van der Waals surface area contributed by atoms with Gasteiger partial charge in [0.15, 0.2) is 0 Å². The molecule has 0 aliphatic rings. The molecule has 3 aromatic rings. The first-order valence-corrected chi connectivity index (χ1v) is 7.78. The molecule has 3 nitrogen and oxygen atoms in total. The van der Waals surface area contributed by atoms with Crippen LogP contribution in [0.2, 0.25) is 0 Å². The number of nitriles is 1. The van der Waals surface area contributed by atoms with Crippen LogP contribution in [0.4, 0.5) is 0 Å². The second-order valence-corrected chi connectivity index (χ2v) is 6.15. The topological polar surface area (TPSA) is 41.6 Å². The van der Waals surface area contributed by atoms with E-state index >= 15 is 0 Å². The zero-order chi connectivity index (χ0) is 15.7. The third-order valence-electron chi connectivity index (χ3n) is 3.52. The Morgan fingerprint density at radius 3 is 2.77 bits per heavy atom. The second-order valence-electron chi connectivity index (χ2n) is 5.20. The molecule has 0 radical (unpaired) electrons. The van der Waals surface area contributed by atoms with Crippen molar-refractivity contribution in [3.8, 4) is 22.3 Å². The van der Waals surface area contributed by atoms with Gasteiger partial charge in [-0.25, -0.2) is 4.68 Å². The lowest BCUT2D eigenvalue weighted by molar-refractivity contribution is 0.883. The van der Waals surface area contributed by atoms with Crippen LogP contribution in [-0.2, 0) is 0 Å². The van der Waals surface area contributed by atoms with Crippen molar-refractivity contribution in [1.29, 1.82) is 5.26 Å². The van der Waals surface area contributed by atoms with Crippen LogP contribution >= 0.6 is 11.3 Å². The Labute approximate surface area is 133 Å². The number of allylic oxidation sites excluding steroid dienone is 1. The van der Waals surface area contributed by atoms with Gasteiger partial charge >= 0.3 is 0 Å². The average molecular weight is 305 g/mol. The molecular weight excluding hydrogens is 290 g/mol. The van der Waals surface area contributed by atoms with Gasteiger partial charge in [-0.3, -0.25) is 0 Å².